The minimum Gasteiger partial charge on any atom is -0.378 e. The molecular formula is C20H29N3O2. The monoisotopic (exact) mass is 343 g/mol. The number of hydrogen-bond donors (Lipinski definition) is 1. The molecule has 136 valence electrons. The summed E-state index contributed by atoms with van der Waals surface area (Å²) in [5, 5.41) is 3.15. The van der Waals surface area contributed by atoms with Gasteiger partial charge in [0, 0.05) is 49.8 Å². The molecule has 1 aromatic heterocycles. The lowest BCUT2D eigenvalue weighted by Crippen LogP contribution is -2.50. The van der Waals surface area contributed by atoms with Gasteiger partial charge in [0.1, 0.15) is 0 Å². The van der Waals surface area contributed by atoms with E-state index in [-0.39, 0.29) is 11.3 Å². The molecule has 3 aliphatic rings. The highest BCUT2D eigenvalue weighted by molar-refractivity contribution is 5.80. The van der Waals surface area contributed by atoms with Crippen LogP contribution >= 0.6 is 0 Å². The highest BCUT2D eigenvalue weighted by atomic mass is 16.5. The third-order valence-corrected chi connectivity index (χ3v) is 6.05. The van der Waals surface area contributed by atoms with Gasteiger partial charge in [-0.1, -0.05) is 6.07 Å². The third-order valence-electron chi connectivity index (χ3n) is 6.05. The number of pyridine rings is 1. The van der Waals surface area contributed by atoms with Crippen LogP contribution in [-0.2, 0) is 16.1 Å². The van der Waals surface area contributed by atoms with Gasteiger partial charge in [-0.3, -0.25) is 14.7 Å². The van der Waals surface area contributed by atoms with E-state index in [2.05, 4.69) is 27.3 Å². The van der Waals surface area contributed by atoms with Crippen molar-refractivity contribution in [1.82, 2.24) is 15.2 Å². The molecule has 3 heterocycles. The number of aromatic nitrogens is 1. The van der Waals surface area contributed by atoms with Gasteiger partial charge in [-0.15, -0.1) is 0 Å². The first-order valence-electron chi connectivity index (χ1n) is 9.69. The van der Waals surface area contributed by atoms with Crippen molar-refractivity contribution < 1.29 is 9.53 Å². The fourth-order valence-electron chi connectivity index (χ4n) is 4.48. The predicted octanol–water partition coefficient (Wildman–Crippen LogP) is 2.29. The largest absolute Gasteiger partial charge is 0.378 e. The number of nitrogens with zero attached hydrogens (tertiary/aromatic N) is 2. The molecule has 2 aliphatic heterocycles. The van der Waals surface area contributed by atoms with E-state index in [4.69, 9.17) is 4.74 Å². The number of carbonyl (C=O) groups excluding carboxylic acids is 1. The molecule has 2 atom stereocenters. The maximum Gasteiger partial charge on any atom is 0.223 e. The smallest absolute Gasteiger partial charge is 0.223 e. The second kappa shape index (κ2) is 7.04. The zero-order chi connectivity index (χ0) is 17.3. The molecule has 1 aromatic rings. The second-order valence-corrected chi connectivity index (χ2v) is 8.06. The summed E-state index contributed by atoms with van der Waals surface area (Å²) in [5.41, 5.74) is 2.42. The van der Waals surface area contributed by atoms with Crippen molar-refractivity contribution in [3.63, 3.8) is 0 Å². The number of amides is 1. The van der Waals surface area contributed by atoms with E-state index in [1.807, 2.05) is 13.0 Å². The van der Waals surface area contributed by atoms with Crippen molar-refractivity contribution in [3.8, 4) is 0 Å². The predicted molar refractivity (Wildman–Crippen MR) is 96.0 cm³/mol. The van der Waals surface area contributed by atoms with Crippen molar-refractivity contribution >= 4 is 5.91 Å². The second-order valence-electron chi connectivity index (χ2n) is 8.06. The minimum absolute atomic E-state index is 0.193. The number of nitrogens with one attached hydrogen (secondary N) is 1. The van der Waals surface area contributed by atoms with Crippen molar-refractivity contribution in [1.29, 1.82) is 0 Å². The average Bonchev–Trinajstić information content (AvgIpc) is 3.35. The molecule has 25 heavy (non-hydrogen) atoms. The lowest BCUT2D eigenvalue weighted by molar-refractivity contribution is -0.122. The summed E-state index contributed by atoms with van der Waals surface area (Å²) in [4.78, 5) is 19.1. The Balaban J connectivity index is 1.37. The molecule has 5 heteroatoms. The normalized spacial score (nSPS) is 29.4. The Kier molecular flexibility index (Phi) is 4.78. The van der Waals surface area contributed by atoms with Crippen LogP contribution in [0.2, 0.25) is 0 Å². The number of piperidine rings is 1. The zero-order valence-electron chi connectivity index (χ0n) is 15.2. The van der Waals surface area contributed by atoms with Crippen LogP contribution in [-0.4, -0.2) is 48.1 Å². The van der Waals surface area contributed by atoms with Crippen LogP contribution in [0.1, 0.15) is 43.5 Å². The van der Waals surface area contributed by atoms with Crippen molar-refractivity contribution in [3.05, 3.63) is 29.6 Å². The topological polar surface area (TPSA) is 54.5 Å². The summed E-state index contributed by atoms with van der Waals surface area (Å²) in [7, 11) is 0. The quantitative estimate of drug-likeness (QED) is 0.861. The highest BCUT2D eigenvalue weighted by Crippen LogP contribution is 2.43. The summed E-state index contributed by atoms with van der Waals surface area (Å²) in [6, 6.07) is 6.25. The van der Waals surface area contributed by atoms with E-state index in [1.165, 1.54) is 0 Å². The number of likely N-dealkylation sites (tertiary alicyclic amines) is 1. The van der Waals surface area contributed by atoms with Crippen LogP contribution in [0.4, 0.5) is 0 Å². The molecule has 1 N–H and O–H groups in total. The highest BCUT2D eigenvalue weighted by Gasteiger charge is 2.47. The van der Waals surface area contributed by atoms with E-state index in [0.29, 0.717) is 12.0 Å². The van der Waals surface area contributed by atoms with Gasteiger partial charge in [-0.2, -0.15) is 0 Å². The zero-order valence-corrected chi connectivity index (χ0v) is 15.2. The van der Waals surface area contributed by atoms with E-state index in [1.54, 1.807) is 0 Å². The molecule has 0 spiro atoms. The van der Waals surface area contributed by atoms with Crippen LogP contribution in [0.5, 0.6) is 0 Å². The van der Waals surface area contributed by atoms with Gasteiger partial charge in [0.05, 0.1) is 11.8 Å². The molecule has 0 unspecified atom stereocenters. The number of aryl methyl sites for hydroxylation is 1. The molecule has 0 aromatic carbocycles. The summed E-state index contributed by atoms with van der Waals surface area (Å²) < 4.78 is 6.04. The fraction of sp³-hybridized carbons (Fsp3) is 0.700. The first kappa shape index (κ1) is 17.0. The van der Waals surface area contributed by atoms with Crippen LogP contribution in [0.25, 0.3) is 0 Å². The molecule has 5 nitrogen and oxygen atoms in total. The van der Waals surface area contributed by atoms with Crippen LogP contribution in [0.3, 0.4) is 0 Å². The maximum atomic E-state index is 11.9. The number of rotatable bonds is 6. The van der Waals surface area contributed by atoms with Gasteiger partial charge in [0.2, 0.25) is 5.91 Å². The lowest BCUT2D eigenvalue weighted by atomic mass is 9.74. The Morgan fingerprint density at radius 3 is 3.08 bits per heavy atom. The van der Waals surface area contributed by atoms with Gasteiger partial charge in [-0.05, 0) is 51.2 Å². The number of carbonyl (C=O) groups is 1. The Labute approximate surface area is 150 Å². The van der Waals surface area contributed by atoms with E-state index in [9.17, 15) is 4.79 Å². The Morgan fingerprint density at radius 1 is 1.40 bits per heavy atom. The maximum absolute atomic E-state index is 11.9. The summed E-state index contributed by atoms with van der Waals surface area (Å²) in [6.07, 6.45) is 5.71. The van der Waals surface area contributed by atoms with Crippen molar-refractivity contribution in [2.45, 2.75) is 51.7 Å². The molecule has 0 radical (unpaired) electrons. The molecule has 2 saturated heterocycles. The van der Waals surface area contributed by atoms with Gasteiger partial charge in [-0.25, -0.2) is 0 Å². The molecule has 1 saturated carbocycles. The fourth-order valence-corrected chi connectivity index (χ4v) is 4.48. The SMILES string of the molecule is Cc1cccc(CN2CC[C@@H]3OCC[C@]3(CCNC(=O)C3CC3)C2)n1. The standard InChI is InChI=1S/C20H29N3O2/c1-15-3-2-4-17(22-15)13-23-11-7-18-20(14-23,9-12-25-18)8-10-21-19(24)16-5-6-16/h2-4,16,18H,5-14H2,1H3,(H,21,24)/t18-,20+/m0/s1. The lowest BCUT2D eigenvalue weighted by Gasteiger charge is -2.44. The molecule has 4 rings (SSSR count). The van der Waals surface area contributed by atoms with Gasteiger partial charge >= 0.3 is 0 Å². The minimum atomic E-state index is 0.193. The molecule has 3 fully saturated rings. The summed E-state index contributed by atoms with van der Waals surface area (Å²) in [6.45, 7) is 6.71. The van der Waals surface area contributed by atoms with Gasteiger partial charge < -0.3 is 10.1 Å². The first-order valence-corrected chi connectivity index (χ1v) is 9.69. The third kappa shape index (κ3) is 3.87. The Morgan fingerprint density at radius 2 is 2.28 bits per heavy atom. The molecular weight excluding hydrogens is 314 g/mol. The Bertz CT molecular complexity index is 631. The van der Waals surface area contributed by atoms with Crippen LogP contribution in [0.15, 0.2) is 18.2 Å². The van der Waals surface area contributed by atoms with E-state index < -0.39 is 0 Å². The van der Waals surface area contributed by atoms with Crippen LogP contribution in [0, 0.1) is 18.3 Å². The van der Waals surface area contributed by atoms with Gasteiger partial charge in [0.15, 0.2) is 0 Å². The van der Waals surface area contributed by atoms with E-state index in [0.717, 1.165) is 76.3 Å². The molecule has 1 amide bonds. The number of ether oxygens (including phenoxy) is 1. The van der Waals surface area contributed by atoms with Crippen LogP contribution < -0.4 is 5.32 Å². The average molecular weight is 343 g/mol. The molecule has 1 aliphatic carbocycles. The number of hydrogen-bond acceptors (Lipinski definition) is 4. The first-order chi connectivity index (χ1) is 12.1. The molecule has 0 bridgehead atoms. The summed E-state index contributed by atoms with van der Waals surface area (Å²) >= 11 is 0. The number of fused-ring (bicyclic) bond motifs is 1. The van der Waals surface area contributed by atoms with Crippen molar-refractivity contribution in [2.24, 2.45) is 11.3 Å². The van der Waals surface area contributed by atoms with E-state index >= 15 is 0 Å². The Hall–Kier alpha value is -1.46. The summed E-state index contributed by atoms with van der Waals surface area (Å²) in [5.74, 6) is 0.548. The van der Waals surface area contributed by atoms with Gasteiger partial charge in [0.25, 0.3) is 0 Å². The van der Waals surface area contributed by atoms with Crippen molar-refractivity contribution in [2.75, 3.05) is 26.2 Å².